The molecule has 3 nitrogen and oxygen atoms in total. The lowest BCUT2D eigenvalue weighted by Crippen LogP contribution is -2.48. The number of hydrogen-bond acceptors (Lipinski definition) is 3. The molecule has 0 spiro atoms. The highest BCUT2D eigenvalue weighted by atomic mass is 19.1. The summed E-state index contributed by atoms with van der Waals surface area (Å²) < 4.78 is 32.8. The van der Waals surface area contributed by atoms with Crippen LogP contribution in [0.4, 0.5) is 8.78 Å². The largest absolute Gasteiger partial charge is 0.464 e. The Labute approximate surface area is 117 Å². The van der Waals surface area contributed by atoms with Crippen molar-refractivity contribution in [2.24, 2.45) is 0 Å². The Balaban J connectivity index is 3.33. The van der Waals surface area contributed by atoms with Crippen LogP contribution in [-0.4, -0.2) is 19.1 Å². The van der Waals surface area contributed by atoms with E-state index in [0.717, 1.165) is 12.1 Å². The summed E-state index contributed by atoms with van der Waals surface area (Å²) in [7, 11) is 0. The van der Waals surface area contributed by atoms with Gasteiger partial charge in [-0.15, -0.1) is 6.58 Å². The summed E-state index contributed by atoms with van der Waals surface area (Å²) in [5.41, 5.74) is -1.37. The number of rotatable bonds is 6. The van der Waals surface area contributed by atoms with Crippen molar-refractivity contribution < 1.29 is 18.3 Å². The van der Waals surface area contributed by atoms with Crippen LogP contribution in [0.1, 0.15) is 25.0 Å². The Morgan fingerprint density at radius 3 is 2.65 bits per heavy atom. The van der Waals surface area contributed by atoms with Crippen LogP contribution in [0.5, 0.6) is 0 Å². The van der Waals surface area contributed by atoms with Gasteiger partial charge < -0.3 is 4.74 Å². The number of benzene rings is 1. The van der Waals surface area contributed by atoms with Crippen molar-refractivity contribution in [3.8, 4) is 0 Å². The molecule has 0 saturated carbocycles. The van der Waals surface area contributed by atoms with Crippen LogP contribution < -0.4 is 5.32 Å². The molecule has 1 N–H and O–H groups in total. The fourth-order valence-electron chi connectivity index (χ4n) is 1.86. The third kappa shape index (κ3) is 3.22. The molecule has 0 heterocycles. The van der Waals surface area contributed by atoms with Crippen LogP contribution in [0, 0.1) is 18.6 Å². The highest BCUT2D eigenvalue weighted by Gasteiger charge is 2.38. The first-order valence-corrected chi connectivity index (χ1v) is 6.36. The minimum atomic E-state index is -1.47. The minimum Gasteiger partial charge on any atom is -0.464 e. The second kappa shape index (κ2) is 6.61. The Morgan fingerprint density at radius 2 is 2.10 bits per heavy atom. The summed E-state index contributed by atoms with van der Waals surface area (Å²) in [5, 5.41) is 2.83. The van der Waals surface area contributed by atoms with E-state index in [-0.39, 0.29) is 24.3 Å². The van der Waals surface area contributed by atoms with Gasteiger partial charge in [0.15, 0.2) is 0 Å². The fraction of sp³-hybridized carbons (Fsp3) is 0.400. The van der Waals surface area contributed by atoms with Crippen molar-refractivity contribution in [2.45, 2.75) is 26.3 Å². The average molecular weight is 283 g/mol. The predicted octanol–water partition coefficient (Wildman–Crippen LogP) is 2.83. The molecule has 0 aliphatic carbocycles. The summed E-state index contributed by atoms with van der Waals surface area (Å²) >= 11 is 0. The Hall–Kier alpha value is -1.75. The quantitative estimate of drug-likeness (QED) is 0.644. The molecule has 5 heteroatoms. The zero-order valence-corrected chi connectivity index (χ0v) is 11.9. The van der Waals surface area contributed by atoms with Gasteiger partial charge in [-0.1, -0.05) is 6.08 Å². The fourth-order valence-corrected chi connectivity index (χ4v) is 1.86. The monoisotopic (exact) mass is 283 g/mol. The van der Waals surface area contributed by atoms with Crippen molar-refractivity contribution in [3.63, 3.8) is 0 Å². The number of ether oxygens (including phenoxy) is 1. The number of nitrogens with one attached hydrogen (secondary N) is 1. The lowest BCUT2D eigenvalue weighted by molar-refractivity contribution is -0.151. The lowest BCUT2D eigenvalue weighted by atomic mass is 9.90. The lowest BCUT2D eigenvalue weighted by Gasteiger charge is -2.29. The molecule has 0 saturated heterocycles. The van der Waals surface area contributed by atoms with Crippen molar-refractivity contribution >= 4 is 5.97 Å². The molecule has 0 fully saturated rings. The van der Waals surface area contributed by atoms with Crippen molar-refractivity contribution in [3.05, 3.63) is 47.5 Å². The van der Waals surface area contributed by atoms with Crippen molar-refractivity contribution in [1.29, 1.82) is 0 Å². The van der Waals surface area contributed by atoms with Crippen LogP contribution in [-0.2, 0) is 15.1 Å². The van der Waals surface area contributed by atoms with Gasteiger partial charge in [-0.2, -0.15) is 0 Å². The molecular formula is C15H19F2NO2. The SMILES string of the molecule is C=CCNC(C)(C(=O)OCC)c1cc(F)c(C)cc1F. The van der Waals surface area contributed by atoms with Crippen molar-refractivity contribution in [2.75, 3.05) is 13.2 Å². The van der Waals surface area contributed by atoms with Crippen LogP contribution >= 0.6 is 0 Å². The molecule has 110 valence electrons. The maximum absolute atomic E-state index is 14.1. The summed E-state index contributed by atoms with van der Waals surface area (Å²) in [4.78, 5) is 12.1. The van der Waals surface area contributed by atoms with E-state index in [2.05, 4.69) is 11.9 Å². The summed E-state index contributed by atoms with van der Waals surface area (Å²) in [6.07, 6.45) is 1.53. The first kappa shape index (κ1) is 16.3. The zero-order valence-electron chi connectivity index (χ0n) is 11.9. The molecule has 0 bridgehead atoms. The Morgan fingerprint density at radius 1 is 1.45 bits per heavy atom. The first-order chi connectivity index (χ1) is 9.36. The number of carbonyl (C=O) groups is 1. The second-order valence-electron chi connectivity index (χ2n) is 4.60. The highest BCUT2D eigenvalue weighted by molar-refractivity contribution is 5.82. The Kier molecular flexibility index (Phi) is 5.39. The Bertz CT molecular complexity index is 517. The van der Waals surface area contributed by atoms with E-state index in [1.54, 1.807) is 6.92 Å². The van der Waals surface area contributed by atoms with Gasteiger partial charge in [0.2, 0.25) is 0 Å². The van der Waals surface area contributed by atoms with E-state index in [1.807, 2.05) is 0 Å². The third-order valence-corrected chi connectivity index (χ3v) is 3.07. The highest BCUT2D eigenvalue weighted by Crippen LogP contribution is 2.27. The molecule has 0 aliphatic rings. The van der Waals surface area contributed by atoms with E-state index in [4.69, 9.17) is 4.74 Å². The molecule has 1 aromatic rings. The van der Waals surface area contributed by atoms with Gasteiger partial charge in [0.25, 0.3) is 0 Å². The zero-order chi connectivity index (χ0) is 15.3. The van der Waals surface area contributed by atoms with Gasteiger partial charge >= 0.3 is 5.97 Å². The molecule has 1 atom stereocenters. The van der Waals surface area contributed by atoms with Crippen LogP contribution in [0.15, 0.2) is 24.8 Å². The van der Waals surface area contributed by atoms with E-state index in [9.17, 15) is 13.6 Å². The molecule has 20 heavy (non-hydrogen) atoms. The van der Waals surface area contributed by atoms with Crippen LogP contribution in [0.25, 0.3) is 0 Å². The third-order valence-electron chi connectivity index (χ3n) is 3.07. The second-order valence-corrected chi connectivity index (χ2v) is 4.60. The molecular weight excluding hydrogens is 264 g/mol. The molecule has 1 aromatic carbocycles. The minimum absolute atomic E-state index is 0.0825. The number of aryl methyl sites for hydroxylation is 1. The predicted molar refractivity (Wildman–Crippen MR) is 73.3 cm³/mol. The van der Waals surface area contributed by atoms with Gasteiger partial charge in [0.1, 0.15) is 17.2 Å². The van der Waals surface area contributed by atoms with Crippen molar-refractivity contribution in [1.82, 2.24) is 5.32 Å². The van der Waals surface area contributed by atoms with E-state index >= 15 is 0 Å². The average Bonchev–Trinajstić information content (AvgIpc) is 2.40. The van der Waals surface area contributed by atoms with E-state index in [1.165, 1.54) is 19.9 Å². The van der Waals surface area contributed by atoms with Gasteiger partial charge in [0.05, 0.1) is 6.61 Å². The molecule has 0 amide bonds. The number of esters is 1. The maximum atomic E-state index is 14.1. The van der Waals surface area contributed by atoms with E-state index in [0.29, 0.717) is 0 Å². The number of halogens is 2. The normalized spacial score (nSPS) is 13.7. The van der Waals surface area contributed by atoms with Crippen LogP contribution in [0.2, 0.25) is 0 Å². The summed E-state index contributed by atoms with van der Waals surface area (Å²) in [6, 6.07) is 2.09. The molecule has 0 radical (unpaired) electrons. The molecule has 0 aromatic heterocycles. The summed E-state index contributed by atoms with van der Waals surface area (Å²) in [5.74, 6) is -1.89. The molecule has 1 rings (SSSR count). The van der Waals surface area contributed by atoms with Gasteiger partial charge in [-0.25, -0.2) is 13.6 Å². The number of hydrogen-bond donors (Lipinski definition) is 1. The smallest absolute Gasteiger partial charge is 0.330 e. The first-order valence-electron chi connectivity index (χ1n) is 6.36. The van der Waals surface area contributed by atoms with Crippen LogP contribution in [0.3, 0.4) is 0 Å². The topological polar surface area (TPSA) is 38.3 Å². The molecule has 1 unspecified atom stereocenters. The summed E-state index contributed by atoms with van der Waals surface area (Å²) in [6.45, 7) is 8.51. The molecule has 0 aliphatic heterocycles. The maximum Gasteiger partial charge on any atom is 0.330 e. The number of carbonyl (C=O) groups excluding carboxylic acids is 1. The van der Waals surface area contributed by atoms with Gasteiger partial charge in [-0.05, 0) is 38.5 Å². The van der Waals surface area contributed by atoms with Gasteiger partial charge in [0, 0.05) is 12.1 Å². The van der Waals surface area contributed by atoms with E-state index < -0.39 is 23.1 Å². The standard InChI is InChI=1S/C15H19F2NO2/c1-5-7-18-15(4,14(19)20-6-2)11-9-12(16)10(3)8-13(11)17/h5,8-9,18H,1,6-7H2,2-4H3. The van der Waals surface area contributed by atoms with Gasteiger partial charge in [-0.3, -0.25) is 5.32 Å².